The molecule has 0 radical (unpaired) electrons. The summed E-state index contributed by atoms with van der Waals surface area (Å²) in [4.78, 5) is 49.7. The molecule has 3 amide bonds. The molecule has 1 aliphatic heterocycles. The van der Waals surface area contributed by atoms with Crippen molar-refractivity contribution >= 4 is 41.0 Å². The number of hydrogen-bond donors (Lipinski definition) is 1. The van der Waals surface area contributed by atoms with Gasteiger partial charge in [-0.2, -0.15) is 0 Å². The predicted octanol–water partition coefficient (Wildman–Crippen LogP) is 2.90. The summed E-state index contributed by atoms with van der Waals surface area (Å²) in [6.45, 7) is 1.32. The number of nitrogens with one attached hydrogen (secondary N) is 1. The van der Waals surface area contributed by atoms with Crippen LogP contribution in [0, 0.1) is 0 Å². The van der Waals surface area contributed by atoms with E-state index in [2.05, 4.69) is 5.32 Å². The Kier molecular flexibility index (Phi) is 5.75. The zero-order valence-electron chi connectivity index (χ0n) is 15.0. The molecule has 144 valence electrons. The number of anilines is 1. The quantitative estimate of drug-likeness (QED) is 0.594. The highest BCUT2D eigenvalue weighted by Crippen LogP contribution is 2.22. The molecule has 1 N–H and O–H groups in total. The van der Waals surface area contributed by atoms with Gasteiger partial charge in [-0.25, -0.2) is 0 Å². The van der Waals surface area contributed by atoms with Gasteiger partial charge in [0.2, 0.25) is 0 Å². The van der Waals surface area contributed by atoms with E-state index in [9.17, 15) is 19.2 Å². The molecule has 1 atom stereocenters. The summed E-state index contributed by atoms with van der Waals surface area (Å²) in [5.74, 6) is -2.07. The second-order valence-electron chi connectivity index (χ2n) is 6.19. The van der Waals surface area contributed by atoms with Crippen molar-refractivity contribution in [2.45, 2.75) is 19.4 Å². The Balaban J connectivity index is 1.50. The zero-order chi connectivity index (χ0) is 20.3. The smallest absolute Gasteiger partial charge is 0.308 e. The lowest BCUT2D eigenvalue weighted by Crippen LogP contribution is -2.34. The van der Waals surface area contributed by atoms with Gasteiger partial charge in [0, 0.05) is 17.3 Å². The Morgan fingerprint density at radius 2 is 1.61 bits per heavy atom. The lowest BCUT2D eigenvalue weighted by molar-refractivity contribution is -0.153. The van der Waals surface area contributed by atoms with E-state index in [0.717, 1.165) is 4.90 Å². The highest BCUT2D eigenvalue weighted by molar-refractivity contribution is 6.30. The Bertz CT molecular complexity index is 907. The van der Waals surface area contributed by atoms with Gasteiger partial charge in [0.1, 0.15) is 0 Å². The number of benzene rings is 2. The number of rotatable bonds is 6. The Morgan fingerprint density at radius 3 is 2.18 bits per heavy atom. The van der Waals surface area contributed by atoms with Crippen molar-refractivity contribution in [3.8, 4) is 0 Å². The number of fused-ring (bicyclic) bond motifs is 1. The molecule has 0 saturated carbocycles. The van der Waals surface area contributed by atoms with Gasteiger partial charge in [0.05, 0.1) is 17.5 Å². The number of ether oxygens (including phenoxy) is 1. The van der Waals surface area contributed by atoms with Crippen LogP contribution in [0.3, 0.4) is 0 Å². The van der Waals surface area contributed by atoms with Crippen LogP contribution in [0.4, 0.5) is 5.69 Å². The van der Waals surface area contributed by atoms with Crippen molar-refractivity contribution in [3.63, 3.8) is 0 Å². The van der Waals surface area contributed by atoms with Gasteiger partial charge in [-0.15, -0.1) is 0 Å². The van der Waals surface area contributed by atoms with Gasteiger partial charge >= 0.3 is 5.97 Å². The minimum absolute atomic E-state index is 0.114. The van der Waals surface area contributed by atoms with Gasteiger partial charge in [0.25, 0.3) is 17.7 Å². The van der Waals surface area contributed by atoms with Gasteiger partial charge < -0.3 is 10.1 Å². The highest BCUT2D eigenvalue weighted by Gasteiger charge is 2.35. The van der Waals surface area contributed by atoms with E-state index < -0.39 is 29.8 Å². The van der Waals surface area contributed by atoms with E-state index in [1.165, 1.54) is 6.92 Å². The molecule has 0 unspecified atom stereocenters. The Labute approximate surface area is 166 Å². The molecule has 0 spiro atoms. The van der Waals surface area contributed by atoms with Crippen LogP contribution >= 0.6 is 11.6 Å². The molecule has 8 heteroatoms. The summed E-state index contributed by atoms with van der Waals surface area (Å²) < 4.78 is 5.09. The molecular formula is C20H17ClN2O5. The van der Waals surface area contributed by atoms with Crippen LogP contribution in [0.2, 0.25) is 5.02 Å². The van der Waals surface area contributed by atoms with E-state index >= 15 is 0 Å². The first-order valence-corrected chi connectivity index (χ1v) is 8.96. The third-order valence-electron chi connectivity index (χ3n) is 4.21. The summed E-state index contributed by atoms with van der Waals surface area (Å²) in [5.41, 5.74) is 1.15. The van der Waals surface area contributed by atoms with E-state index in [0.29, 0.717) is 21.8 Å². The number of amides is 3. The van der Waals surface area contributed by atoms with Crippen LogP contribution < -0.4 is 5.32 Å². The third kappa shape index (κ3) is 4.20. The van der Waals surface area contributed by atoms with E-state index in [1.54, 1.807) is 48.5 Å². The van der Waals surface area contributed by atoms with Crippen molar-refractivity contribution in [1.82, 2.24) is 4.90 Å². The fourth-order valence-electron chi connectivity index (χ4n) is 2.73. The van der Waals surface area contributed by atoms with E-state index in [4.69, 9.17) is 16.3 Å². The van der Waals surface area contributed by atoms with Gasteiger partial charge in [0.15, 0.2) is 6.10 Å². The monoisotopic (exact) mass is 400 g/mol. The van der Waals surface area contributed by atoms with Gasteiger partial charge in [-0.1, -0.05) is 23.7 Å². The average molecular weight is 401 g/mol. The fraction of sp³-hybridized carbons (Fsp3) is 0.200. The first kappa shape index (κ1) is 19.6. The Morgan fingerprint density at radius 1 is 1.04 bits per heavy atom. The molecule has 0 aromatic heterocycles. The van der Waals surface area contributed by atoms with Crippen molar-refractivity contribution in [1.29, 1.82) is 0 Å². The van der Waals surface area contributed by atoms with Crippen molar-refractivity contribution < 1.29 is 23.9 Å². The Hall–Kier alpha value is -3.19. The molecule has 28 heavy (non-hydrogen) atoms. The molecule has 3 rings (SSSR count). The number of imide groups is 1. The topological polar surface area (TPSA) is 92.8 Å². The minimum Gasteiger partial charge on any atom is -0.452 e. The fourth-order valence-corrected chi connectivity index (χ4v) is 2.86. The van der Waals surface area contributed by atoms with Gasteiger partial charge in [-0.3, -0.25) is 24.1 Å². The van der Waals surface area contributed by atoms with Crippen LogP contribution in [-0.4, -0.2) is 41.2 Å². The van der Waals surface area contributed by atoms with E-state index in [-0.39, 0.29) is 13.0 Å². The molecule has 0 bridgehead atoms. The number of carbonyl (C=O) groups is 4. The number of halogens is 1. The van der Waals surface area contributed by atoms with Gasteiger partial charge in [-0.05, 0) is 43.3 Å². The molecule has 1 heterocycles. The standard InChI is InChI=1S/C20H17ClN2O5/c1-12(18(25)22-14-8-6-13(21)7-9-14)28-17(24)10-11-23-19(26)15-4-2-3-5-16(15)20(23)27/h2-9,12H,10-11H2,1H3,(H,22,25)/t12-/m1/s1. The van der Waals surface area contributed by atoms with E-state index in [1.807, 2.05) is 0 Å². The van der Waals surface area contributed by atoms with Crippen LogP contribution in [-0.2, 0) is 14.3 Å². The van der Waals surface area contributed by atoms with Crippen LogP contribution in [0.25, 0.3) is 0 Å². The minimum atomic E-state index is -1.04. The molecule has 1 aliphatic rings. The van der Waals surface area contributed by atoms with Crippen molar-refractivity contribution in [3.05, 3.63) is 64.7 Å². The SMILES string of the molecule is C[C@@H](OC(=O)CCN1C(=O)c2ccccc2C1=O)C(=O)Nc1ccc(Cl)cc1. The summed E-state index contributed by atoms with van der Waals surface area (Å²) in [5, 5.41) is 3.14. The summed E-state index contributed by atoms with van der Waals surface area (Å²) >= 11 is 5.78. The molecule has 7 nitrogen and oxygen atoms in total. The normalized spacial score (nSPS) is 13.9. The van der Waals surface area contributed by atoms with Crippen LogP contribution in [0.1, 0.15) is 34.1 Å². The van der Waals surface area contributed by atoms with Crippen LogP contribution in [0.15, 0.2) is 48.5 Å². The lowest BCUT2D eigenvalue weighted by atomic mass is 10.1. The summed E-state index contributed by atoms with van der Waals surface area (Å²) in [7, 11) is 0. The highest BCUT2D eigenvalue weighted by atomic mass is 35.5. The third-order valence-corrected chi connectivity index (χ3v) is 4.46. The second-order valence-corrected chi connectivity index (χ2v) is 6.62. The van der Waals surface area contributed by atoms with Crippen molar-refractivity contribution in [2.75, 3.05) is 11.9 Å². The summed E-state index contributed by atoms with van der Waals surface area (Å²) in [6.07, 6.45) is -1.24. The maximum absolute atomic E-state index is 12.3. The molecule has 2 aromatic carbocycles. The molecular weight excluding hydrogens is 384 g/mol. The second kappa shape index (κ2) is 8.22. The molecule has 0 fully saturated rings. The largest absolute Gasteiger partial charge is 0.452 e. The maximum atomic E-state index is 12.3. The predicted molar refractivity (Wildman–Crippen MR) is 102 cm³/mol. The number of hydrogen-bond acceptors (Lipinski definition) is 5. The lowest BCUT2D eigenvalue weighted by Gasteiger charge is -2.16. The first-order chi connectivity index (χ1) is 13.4. The number of carbonyl (C=O) groups excluding carboxylic acids is 4. The average Bonchev–Trinajstić information content (AvgIpc) is 2.92. The first-order valence-electron chi connectivity index (χ1n) is 8.58. The van der Waals surface area contributed by atoms with Crippen LogP contribution in [0.5, 0.6) is 0 Å². The number of nitrogens with zero attached hydrogens (tertiary/aromatic N) is 1. The van der Waals surface area contributed by atoms with Crippen molar-refractivity contribution in [2.24, 2.45) is 0 Å². The summed E-state index contributed by atoms with van der Waals surface area (Å²) in [6, 6.07) is 13.0. The number of esters is 1. The molecule has 0 aliphatic carbocycles. The molecule has 2 aromatic rings. The zero-order valence-corrected chi connectivity index (χ0v) is 15.7. The maximum Gasteiger partial charge on any atom is 0.308 e. The molecule has 0 saturated heterocycles.